The maximum Gasteiger partial charge on any atom is 0.167 e. The Hall–Kier alpha value is -1.81. The minimum absolute atomic E-state index is 0.00170. The zero-order chi connectivity index (χ0) is 17.9. The lowest BCUT2D eigenvalue weighted by Gasteiger charge is -2.14. The van der Waals surface area contributed by atoms with Gasteiger partial charge in [0.15, 0.2) is 5.78 Å². The normalized spacial score (nSPS) is 10.9. The third kappa shape index (κ3) is 4.60. The van der Waals surface area contributed by atoms with Crippen LogP contribution in [0.25, 0.3) is 0 Å². The molecule has 24 heavy (non-hydrogen) atoms. The molecule has 0 spiro atoms. The van der Waals surface area contributed by atoms with Gasteiger partial charge in [-0.2, -0.15) is 0 Å². The van der Waals surface area contributed by atoms with Crippen molar-refractivity contribution < 1.29 is 14.6 Å². The predicted molar refractivity (Wildman–Crippen MR) is 100 cm³/mol. The molecule has 0 heterocycles. The molecule has 0 amide bonds. The number of aromatic hydroxyl groups is 1. The van der Waals surface area contributed by atoms with Gasteiger partial charge in [-0.25, -0.2) is 0 Å². The monoisotopic (exact) mass is 390 g/mol. The molecule has 0 aliphatic heterocycles. The largest absolute Gasteiger partial charge is 0.508 e. The number of Topliss-reactive ketones (excluding diaryl/α,β-unsaturated/α-hetero) is 1. The average molecular weight is 391 g/mol. The SMILES string of the molecule is CC(=O)COc1cc(C)c(Cc2ccc(O)c(C(C)C)c2)c(Br)c1. The van der Waals surface area contributed by atoms with Gasteiger partial charge in [-0.15, -0.1) is 0 Å². The maximum absolute atomic E-state index is 11.1. The first-order valence-corrected chi connectivity index (χ1v) is 8.80. The molecule has 0 aliphatic carbocycles. The van der Waals surface area contributed by atoms with Gasteiger partial charge in [0.2, 0.25) is 0 Å². The lowest BCUT2D eigenvalue weighted by atomic mass is 9.95. The molecule has 1 N–H and O–H groups in total. The summed E-state index contributed by atoms with van der Waals surface area (Å²) in [5.41, 5.74) is 4.38. The summed E-state index contributed by atoms with van der Waals surface area (Å²) in [6, 6.07) is 9.62. The number of phenols is 1. The van der Waals surface area contributed by atoms with Crippen molar-refractivity contribution in [2.75, 3.05) is 6.61 Å². The zero-order valence-electron chi connectivity index (χ0n) is 14.5. The van der Waals surface area contributed by atoms with Crippen molar-refractivity contribution in [1.82, 2.24) is 0 Å². The maximum atomic E-state index is 11.1. The van der Waals surface area contributed by atoms with Crippen molar-refractivity contribution in [1.29, 1.82) is 0 Å². The second-order valence-electron chi connectivity index (χ2n) is 6.42. The third-order valence-corrected chi connectivity index (χ3v) is 4.64. The van der Waals surface area contributed by atoms with Gasteiger partial charge in [0.25, 0.3) is 0 Å². The fourth-order valence-electron chi connectivity index (χ4n) is 2.62. The Balaban J connectivity index is 2.27. The third-order valence-electron chi connectivity index (χ3n) is 3.93. The Morgan fingerprint density at radius 3 is 2.54 bits per heavy atom. The molecular formula is C20H23BrO3. The highest BCUT2D eigenvalue weighted by Gasteiger charge is 2.11. The molecule has 0 atom stereocenters. The summed E-state index contributed by atoms with van der Waals surface area (Å²) in [6.45, 7) is 7.77. The van der Waals surface area contributed by atoms with E-state index in [0.29, 0.717) is 11.5 Å². The molecule has 0 fully saturated rings. The molecule has 4 heteroatoms. The van der Waals surface area contributed by atoms with Crippen molar-refractivity contribution in [3.05, 3.63) is 57.1 Å². The second-order valence-corrected chi connectivity index (χ2v) is 7.27. The molecule has 3 nitrogen and oxygen atoms in total. The molecule has 2 rings (SSSR count). The molecule has 2 aromatic carbocycles. The molecule has 0 unspecified atom stereocenters. The lowest BCUT2D eigenvalue weighted by molar-refractivity contribution is -0.118. The molecule has 0 aromatic heterocycles. The van der Waals surface area contributed by atoms with Crippen LogP contribution >= 0.6 is 15.9 Å². The van der Waals surface area contributed by atoms with Crippen molar-refractivity contribution in [2.45, 2.75) is 40.0 Å². The first-order valence-electron chi connectivity index (χ1n) is 8.01. The number of aryl methyl sites for hydroxylation is 1. The van der Waals surface area contributed by atoms with E-state index in [0.717, 1.165) is 27.6 Å². The zero-order valence-corrected chi connectivity index (χ0v) is 16.1. The minimum atomic E-state index is -0.00170. The van der Waals surface area contributed by atoms with Crippen molar-refractivity contribution in [3.63, 3.8) is 0 Å². The fourth-order valence-corrected chi connectivity index (χ4v) is 3.29. The number of carbonyl (C=O) groups is 1. The van der Waals surface area contributed by atoms with Crippen molar-refractivity contribution in [2.24, 2.45) is 0 Å². The summed E-state index contributed by atoms with van der Waals surface area (Å²) in [5.74, 6) is 1.31. The van der Waals surface area contributed by atoms with E-state index in [-0.39, 0.29) is 18.3 Å². The molecule has 0 radical (unpaired) electrons. The van der Waals surface area contributed by atoms with Crippen LogP contribution in [0.3, 0.4) is 0 Å². The minimum Gasteiger partial charge on any atom is -0.508 e. The number of ether oxygens (including phenoxy) is 1. The van der Waals surface area contributed by atoms with Crippen LogP contribution in [0.5, 0.6) is 11.5 Å². The van der Waals surface area contributed by atoms with E-state index in [2.05, 4.69) is 35.8 Å². The molecule has 128 valence electrons. The Morgan fingerprint density at radius 2 is 1.96 bits per heavy atom. The van der Waals surface area contributed by atoms with Crippen LogP contribution in [0.15, 0.2) is 34.8 Å². The van der Waals surface area contributed by atoms with Crippen LogP contribution in [0.1, 0.15) is 48.9 Å². The highest BCUT2D eigenvalue weighted by Crippen LogP contribution is 2.31. The lowest BCUT2D eigenvalue weighted by Crippen LogP contribution is -2.07. The van der Waals surface area contributed by atoms with E-state index >= 15 is 0 Å². The van der Waals surface area contributed by atoms with E-state index in [4.69, 9.17) is 4.74 Å². The first-order chi connectivity index (χ1) is 11.3. The van der Waals surface area contributed by atoms with Crippen LogP contribution in [0.4, 0.5) is 0 Å². The smallest absolute Gasteiger partial charge is 0.167 e. The highest BCUT2D eigenvalue weighted by atomic mass is 79.9. The first kappa shape index (κ1) is 18.5. The van der Waals surface area contributed by atoms with Crippen LogP contribution in [-0.4, -0.2) is 17.5 Å². The van der Waals surface area contributed by atoms with Crippen LogP contribution in [0.2, 0.25) is 0 Å². The number of hydrogen-bond acceptors (Lipinski definition) is 3. The van der Waals surface area contributed by atoms with E-state index in [9.17, 15) is 9.90 Å². The summed E-state index contributed by atoms with van der Waals surface area (Å²) in [4.78, 5) is 11.1. The number of carbonyl (C=O) groups excluding carboxylic acids is 1. The average Bonchev–Trinajstić information content (AvgIpc) is 2.50. The highest BCUT2D eigenvalue weighted by molar-refractivity contribution is 9.10. The second kappa shape index (κ2) is 7.84. The Bertz CT molecular complexity index is 728. The molecule has 0 saturated heterocycles. The number of hydrogen-bond donors (Lipinski definition) is 1. The number of halogens is 1. The number of ketones is 1. The van der Waals surface area contributed by atoms with Crippen LogP contribution < -0.4 is 4.74 Å². The van der Waals surface area contributed by atoms with E-state index in [1.807, 2.05) is 25.1 Å². The standard InChI is InChI=1S/C20H23BrO3/c1-12(2)17-8-15(5-6-20(17)23)9-18-13(3)7-16(10-19(18)21)24-11-14(4)22/h5-8,10,12,23H,9,11H2,1-4H3. The van der Waals surface area contributed by atoms with Gasteiger partial charge < -0.3 is 9.84 Å². The van der Waals surface area contributed by atoms with Gasteiger partial charge in [-0.1, -0.05) is 41.9 Å². The predicted octanol–water partition coefficient (Wildman–Crippen LogP) is 5.15. The number of phenolic OH excluding ortho intramolecular Hbond substituents is 1. The van der Waals surface area contributed by atoms with Gasteiger partial charge in [-0.3, -0.25) is 4.79 Å². The van der Waals surface area contributed by atoms with Crippen LogP contribution in [-0.2, 0) is 11.2 Å². The van der Waals surface area contributed by atoms with Gasteiger partial charge in [0.05, 0.1) is 0 Å². The molecule has 2 aromatic rings. The van der Waals surface area contributed by atoms with Crippen molar-refractivity contribution >= 4 is 21.7 Å². The van der Waals surface area contributed by atoms with E-state index in [1.54, 1.807) is 6.07 Å². The Kier molecular flexibility index (Phi) is 6.05. The summed E-state index contributed by atoms with van der Waals surface area (Å²) in [5, 5.41) is 9.97. The topological polar surface area (TPSA) is 46.5 Å². The molecular weight excluding hydrogens is 368 g/mol. The summed E-state index contributed by atoms with van der Waals surface area (Å²) in [7, 11) is 0. The number of benzene rings is 2. The molecule has 0 bridgehead atoms. The number of rotatable bonds is 6. The van der Waals surface area contributed by atoms with Gasteiger partial charge in [0, 0.05) is 4.47 Å². The Morgan fingerprint density at radius 1 is 1.25 bits per heavy atom. The van der Waals surface area contributed by atoms with E-state index < -0.39 is 0 Å². The van der Waals surface area contributed by atoms with Gasteiger partial charge >= 0.3 is 0 Å². The summed E-state index contributed by atoms with van der Waals surface area (Å²) >= 11 is 3.61. The van der Waals surface area contributed by atoms with Gasteiger partial charge in [0.1, 0.15) is 18.1 Å². The summed E-state index contributed by atoms with van der Waals surface area (Å²) in [6.07, 6.45) is 0.763. The van der Waals surface area contributed by atoms with Crippen molar-refractivity contribution in [3.8, 4) is 11.5 Å². The summed E-state index contributed by atoms with van der Waals surface area (Å²) < 4.78 is 6.45. The Labute approximate surface area is 151 Å². The van der Waals surface area contributed by atoms with E-state index in [1.165, 1.54) is 12.5 Å². The quantitative estimate of drug-likeness (QED) is 0.741. The van der Waals surface area contributed by atoms with Crippen LogP contribution in [0, 0.1) is 6.92 Å². The van der Waals surface area contributed by atoms with Gasteiger partial charge in [-0.05, 0) is 66.6 Å². The molecule has 0 saturated carbocycles. The molecule has 0 aliphatic rings. The fraction of sp³-hybridized carbons (Fsp3) is 0.350.